The molecule has 2 aromatic heterocycles. The number of nitrogens with one attached hydrogen (secondary N) is 1. The molecule has 2 saturated carbocycles. The topological polar surface area (TPSA) is 114 Å². The number of alkyl halides is 6. The summed E-state index contributed by atoms with van der Waals surface area (Å²) in [6.07, 6.45) is -5.13. The highest BCUT2D eigenvalue weighted by Crippen LogP contribution is 2.47. The number of ether oxygens (including phenoxy) is 1. The van der Waals surface area contributed by atoms with E-state index in [-0.39, 0.29) is 18.2 Å². The predicted octanol–water partition coefficient (Wildman–Crippen LogP) is 5.10. The predicted molar refractivity (Wildman–Crippen MR) is 116 cm³/mol. The number of carbonyl (C=O) groups is 1. The average Bonchev–Trinajstić information content (AvgIpc) is 3.72. The third kappa shape index (κ3) is 7.27. The third-order valence-corrected chi connectivity index (χ3v) is 5.58. The van der Waals surface area contributed by atoms with Crippen molar-refractivity contribution in [1.82, 2.24) is 25.3 Å². The van der Waals surface area contributed by atoms with Gasteiger partial charge in [0.2, 0.25) is 0 Å². The molecule has 1 N–H and O–H groups in total. The first-order valence-corrected chi connectivity index (χ1v) is 11.2. The first-order chi connectivity index (χ1) is 17.0. The summed E-state index contributed by atoms with van der Waals surface area (Å²) in [6.45, 7) is 5.35. The van der Waals surface area contributed by atoms with Crippen LogP contribution >= 0.6 is 0 Å². The standard InChI is InChI=1S/C14H18F3N3O2.C9H6F3N3/c1-12(2,3)22-11(21)19-8-13(5-6-13)10-18-7-4-9(20-10)14(15,16)17;10-9(11,12)6-1-4-14-7(15-6)8(5-13)2-3-8/h4,7H,5-6,8H2,1-3H3,(H,19,21);1,4H,2-3H2. The first-order valence-electron chi connectivity index (χ1n) is 11.2. The molecule has 2 heterocycles. The zero-order chi connectivity index (χ0) is 27.7. The van der Waals surface area contributed by atoms with Gasteiger partial charge in [-0.15, -0.1) is 0 Å². The highest BCUT2D eigenvalue weighted by atomic mass is 19.4. The van der Waals surface area contributed by atoms with Crippen LogP contribution in [0.1, 0.15) is 69.5 Å². The molecular formula is C23H24F6N6O2. The van der Waals surface area contributed by atoms with Crippen molar-refractivity contribution in [3.63, 3.8) is 0 Å². The van der Waals surface area contributed by atoms with Crippen molar-refractivity contribution in [2.75, 3.05) is 6.54 Å². The van der Waals surface area contributed by atoms with Crippen LogP contribution in [0.5, 0.6) is 0 Å². The van der Waals surface area contributed by atoms with Gasteiger partial charge in [0.1, 0.15) is 34.1 Å². The molecule has 2 aliphatic carbocycles. The Morgan fingerprint density at radius 2 is 1.43 bits per heavy atom. The fraction of sp³-hybridized carbons (Fsp3) is 0.565. The Morgan fingerprint density at radius 3 is 1.84 bits per heavy atom. The number of rotatable bonds is 4. The van der Waals surface area contributed by atoms with E-state index in [9.17, 15) is 31.1 Å². The van der Waals surface area contributed by atoms with Gasteiger partial charge in [-0.1, -0.05) is 0 Å². The minimum Gasteiger partial charge on any atom is -0.444 e. The van der Waals surface area contributed by atoms with Crippen molar-refractivity contribution in [1.29, 1.82) is 5.26 Å². The zero-order valence-electron chi connectivity index (χ0n) is 20.2. The van der Waals surface area contributed by atoms with Crippen LogP contribution in [0.25, 0.3) is 0 Å². The second kappa shape index (κ2) is 9.75. The van der Waals surface area contributed by atoms with Crippen LogP contribution in [0, 0.1) is 11.3 Å². The lowest BCUT2D eigenvalue weighted by Crippen LogP contribution is -2.37. The van der Waals surface area contributed by atoms with E-state index in [0.29, 0.717) is 25.7 Å². The van der Waals surface area contributed by atoms with Crippen LogP contribution in [-0.4, -0.2) is 38.2 Å². The van der Waals surface area contributed by atoms with E-state index >= 15 is 0 Å². The second-order valence-electron chi connectivity index (χ2n) is 9.86. The lowest BCUT2D eigenvalue weighted by atomic mass is 10.1. The molecule has 37 heavy (non-hydrogen) atoms. The first kappa shape index (κ1) is 28.1. The van der Waals surface area contributed by atoms with Crippen molar-refractivity contribution < 1.29 is 35.9 Å². The fourth-order valence-electron chi connectivity index (χ4n) is 3.22. The molecule has 0 aromatic carbocycles. The normalized spacial score (nSPS) is 17.5. The van der Waals surface area contributed by atoms with Gasteiger partial charge < -0.3 is 10.1 Å². The van der Waals surface area contributed by atoms with Crippen LogP contribution < -0.4 is 5.32 Å². The Bertz CT molecular complexity index is 1180. The molecule has 0 unspecified atom stereocenters. The fourth-order valence-corrected chi connectivity index (χ4v) is 3.22. The molecule has 0 spiro atoms. The quantitative estimate of drug-likeness (QED) is 0.547. The smallest absolute Gasteiger partial charge is 0.433 e. The van der Waals surface area contributed by atoms with E-state index < -0.39 is 46.3 Å². The van der Waals surface area contributed by atoms with Gasteiger partial charge in [0.25, 0.3) is 0 Å². The van der Waals surface area contributed by atoms with Crippen molar-refractivity contribution in [2.45, 2.75) is 75.2 Å². The largest absolute Gasteiger partial charge is 0.444 e. The minimum atomic E-state index is -4.51. The van der Waals surface area contributed by atoms with Crippen LogP contribution in [0.4, 0.5) is 31.1 Å². The van der Waals surface area contributed by atoms with Crippen LogP contribution in [0.3, 0.4) is 0 Å². The Kier molecular flexibility index (Phi) is 7.40. The number of aromatic nitrogens is 4. The maximum absolute atomic E-state index is 12.7. The molecule has 2 aromatic rings. The monoisotopic (exact) mass is 530 g/mol. The highest BCUT2D eigenvalue weighted by Gasteiger charge is 2.49. The number of amides is 1. The number of nitrogens with zero attached hydrogens (tertiary/aromatic N) is 5. The Balaban J connectivity index is 0.000000220. The molecule has 200 valence electrons. The van der Waals surface area contributed by atoms with Gasteiger partial charge in [0.05, 0.1) is 6.07 Å². The summed E-state index contributed by atoms with van der Waals surface area (Å²) in [5.74, 6) is 0.0956. The summed E-state index contributed by atoms with van der Waals surface area (Å²) in [5.41, 5.74) is -4.09. The van der Waals surface area contributed by atoms with E-state index in [1.54, 1.807) is 20.8 Å². The molecule has 0 saturated heterocycles. The van der Waals surface area contributed by atoms with E-state index in [1.807, 2.05) is 6.07 Å². The Morgan fingerprint density at radius 1 is 0.946 bits per heavy atom. The lowest BCUT2D eigenvalue weighted by Gasteiger charge is -2.21. The van der Waals surface area contributed by atoms with Crippen molar-refractivity contribution in [2.24, 2.45) is 0 Å². The number of carbonyl (C=O) groups excluding carboxylic acids is 1. The van der Waals surface area contributed by atoms with E-state index in [2.05, 4.69) is 25.3 Å². The molecule has 0 aliphatic heterocycles. The molecule has 0 atom stereocenters. The van der Waals surface area contributed by atoms with Crippen molar-refractivity contribution in [3.8, 4) is 6.07 Å². The average molecular weight is 530 g/mol. The summed E-state index contributed by atoms with van der Waals surface area (Å²) in [7, 11) is 0. The Labute approximate surface area is 208 Å². The molecule has 2 fully saturated rings. The van der Waals surface area contributed by atoms with Gasteiger partial charge in [-0.25, -0.2) is 24.7 Å². The zero-order valence-corrected chi connectivity index (χ0v) is 20.2. The van der Waals surface area contributed by atoms with Crippen LogP contribution in [0.15, 0.2) is 24.5 Å². The van der Waals surface area contributed by atoms with Gasteiger partial charge in [0.15, 0.2) is 0 Å². The number of hydrogen-bond donors (Lipinski definition) is 1. The number of alkyl carbamates (subject to hydrolysis) is 1. The molecule has 2 aliphatic rings. The molecule has 0 bridgehead atoms. The SMILES string of the molecule is CC(C)(C)OC(=O)NCC1(c2nccc(C(F)(F)F)n2)CC1.N#CC1(c2nccc(C(F)(F)F)n2)CC1. The molecular weight excluding hydrogens is 506 g/mol. The van der Waals surface area contributed by atoms with Gasteiger partial charge in [-0.2, -0.15) is 31.6 Å². The number of hydrogen-bond acceptors (Lipinski definition) is 7. The highest BCUT2D eigenvalue weighted by molar-refractivity contribution is 5.68. The van der Waals surface area contributed by atoms with Crippen molar-refractivity contribution in [3.05, 3.63) is 47.6 Å². The summed E-state index contributed by atoms with van der Waals surface area (Å²) < 4.78 is 80.1. The third-order valence-electron chi connectivity index (χ3n) is 5.58. The maximum atomic E-state index is 12.7. The van der Waals surface area contributed by atoms with E-state index in [0.717, 1.165) is 24.5 Å². The summed E-state index contributed by atoms with van der Waals surface area (Å²) in [6, 6.07) is 3.59. The molecule has 1 amide bonds. The molecule has 0 radical (unpaired) electrons. The van der Waals surface area contributed by atoms with E-state index in [1.165, 1.54) is 0 Å². The summed E-state index contributed by atoms with van der Waals surface area (Å²) in [5, 5.41) is 11.4. The second-order valence-corrected chi connectivity index (χ2v) is 9.86. The van der Waals surface area contributed by atoms with Gasteiger partial charge in [-0.3, -0.25) is 0 Å². The number of nitriles is 1. The van der Waals surface area contributed by atoms with Gasteiger partial charge >= 0.3 is 18.4 Å². The molecule has 4 rings (SSSR count). The Hall–Kier alpha value is -3.50. The summed E-state index contributed by atoms with van der Waals surface area (Å²) in [4.78, 5) is 26.3. The van der Waals surface area contributed by atoms with E-state index in [4.69, 9.17) is 10.00 Å². The van der Waals surface area contributed by atoms with Crippen LogP contribution in [-0.2, 0) is 27.9 Å². The number of halogens is 6. The molecule has 14 heteroatoms. The lowest BCUT2D eigenvalue weighted by molar-refractivity contribution is -0.142. The van der Waals surface area contributed by atoms with Gasteiger partial charge in [-0.05, 0) is 58.6 Å². The van der Waals surface area contributed by atoms with Crippen molar-refractivity contribution >= 4 is 6.09 Å². The minimum absolute atomic E-state index is 0.0141. The summed E-state index contributed by atoms with van der Waals surface area (Å²) >= 11 is 0. The molecule has 8 nitrogen and oxygen atoms in total. The maximum Gasteiger partial charge on any atom is 0.433 e. The van der Waals surface area contributed by atoms with Gasteiger partial charge in [0, 0.05) is 24.4 Å². The van der Waals surface area contributed by atoms with Crippen LogP contribution in [0.2, 0.25) is 0 Å².